The number of benzene rings is 1. The minimum absolute atomic E-state index is 0. The van der Waals surface area contributed by atoms with Crippen LogP contribution in [0, 0.1) is 5.92 Å². The lowest BCUT2D eigenvalue weighted by Gasteiger charge is -2.22. The monoisotopic (exact) mass is 459 g/mol. The molecule has 5 nitrogen and oxygen atoms in total. The molecule has 140 valence electrons. The normalized spacial score (nSPS) is 19.0. The number of fused-ring (bicyclic) bond motifs is 1. The van der Waals surface area contributed by atoms with Crippen molar-refractivity contribution in [2.24, 2.45) is 10.9 Å². The van der Waals surface area contributed by atoms with Gasteiger partial charge in [0.2, 0.25) is 0 Å². The standard InChI is InChI=1S/C19H29N3O2.HI/c1-3-20-19(22(2)10-11-23-14-15-8-9-15)21-13-17-12-16-6-4-5-7-18(16)24-17;/h4-7,15,17H,3,8-14H2,1-2H3,(H,20,21);1H. The number of hydrogen-bond acceptors (Lipinski definition) is 3. The van der Waals surface area contributed by atoms with Crippen molar-refractivity contribution in [3.05, 3.63) is 29.8 Å². The van der Waals surface area contributed by atoms with Crippen LogP contribution in [-0.2, 0) is 11.2 Å². The summed E-state index contributed by atoms with van der Waals surface area (Å²) in [5.41, 5.74) is 1.28. The van der Waals surface area contributed by atoms with E-state index in [-0.39, 0.29) is 30.1 Å². The number of para-hydroxylation sites is 1. The van der Waals surface area contributed by atoms with Crippen LogP contribution in [0.3, 0.4) is 0 Å². The van der Waals surface area contributed by atoms with Gasteiger partial charge in [0.25, 0.3) is 0 Å². The molecule has 1 fully saturated rings. The van der Waals surface area contributed by atoms with Crippen molar-refractivity contribution in [3.63, 3.8) is 0 Å². The molecule has 1 unspecified atom stereocenters. The van der Waals surface area contributed by atoms with E-state index in [1.54, 1.807) is 0 Å². The van der Waals surface area contributed by atoms with Crippen molar-refractivity contribution in [1.29, 1.82) is 0 Å². The number of halogens is 1. The average Bonchev–Trinajstić information content (AvgIpc) is 3.32. The molecule has 1 saturated carbocycles. The van der Waals surface area contributed by atoms with Gasteiger partial charge in [-0.25, -0.2) is 4.99 Å². The van der Waals surface area contributed by atoms with Gasteiger partial charge in [-0.2, -0.15) is 0 Å². The van der Waals surface area contributed by atoms with Crippen LogP contribution < -0.4 is 10.1 Å². The second-order valence-electron chi connectivity index (χ2n) is 6.69. The van der Waals surface area contributed by atoms with E-state index in [2.05, 4.69) is 36.3 Å². The summed E-state index contributed by atoms with van der Waals surface area (Å²) >= 11 is 0. The summed E-state index contributed by atoms with van der Waals surface area (Å²) in [6.07, 6.45) is 3.75. The van der Waals surface area contributed by atoms with E-state index in [4.69, 9.17) is 14.5 Å². The highest BCUT2D eigenvalue weighted by atomic mass is 127. The number of guanidine groups is 1. The van der Waals surface area contributed by atoms with Crippen molar-refractivity contribution >= 4 is 29.9 Å². The molecule has 3 rings (SSSR count). The molecule has 1 aromatic rings. The Morgan fingerprint density at radius 1 is 1.36 bits per heavy atom. The predicted octanol–water partition coefficient (Wildman–Crippen LogP) is 2.93. The smallest absolute Gasteiger partial charge is 0.193 e. The molecule has 0 bridgehead atoms. The molecule has 1 atom stereocenters. The molecule has 0 saturated heterocycles. The number of aliphatic imine (C=N–C) groups is 1. The molecule has 0 aromatic heterocycles. The lowest BCUT2D eigenvalue weighted by molar-refractivity contribution is 0.115. The fraction of sp³-hybridized carbons (Fsp3) is 0.632. The number of nitrogens with zero attached hydrogens (tertiary/aromatic N) is 2. The lowest BCUT2D eigenvalue weighted by atomic mass is 10.1. The van der Waals surface area contributed by atoms with Gasteiger partial charge < -0.3 is 19.7 Å². The SMILES string of the molecule is CCNC(=NCC1Cc2ccccc2O1)N(C)CCOCC1CC1.I. The van der Waals surface area contributed by atoms with Gasteiger partial charge in [0, 0.05) is 33.2 Å². The molecule has 0 amide bonds. The molecule has 6 heteroatoms. The van der Waals surface area contributed by atoms with Crippen LogP contribution in [0.5, 0.6) is 5.75 Å². The second-order valence-corrected chi connectivity index (χ2v) is 6.69. The van der Waals surface area contributed by atoms with Crippen LogP contribution in [0.4, 0.5) is 0 Å². The van der Waals surface area contributed by atoms with Gasteiger partial charge >= 0.3 is 0 Å². The zero-order valence-corrected chi connectivity index (χ0v) is 17.6. The van der Waals surface area contributed by atoms with Gasteiger partial charge in [-0.05, 0) is 37.3 Å². The summed E-state index contributed by atoms with van der Waals surface area (Å²) in [7, 11) is 2.06. The zero-order valence-electron chi connectivity index (χ0n) is 15.2. The third-order valence-electron chi connectivity index (χ3n) is 4.48. The Hall–Kier alpha value is -1.02. The molecular weight excluding hydrogens is 429 g/mol. The first-order valence-corrected chi connectivity index (χ1v) is 9.08. The molecule has 0 spiro atoms. The Labute approximate surface area is 168 Å². The third kappa shape index (κ3) is 6.33. The first kappa shape index (κ1) is 20.3. The van der Waals surface area contributed by atoms with Crippen LogP contribution in [0.1, 0.15) is 25.3 Å². The Balaban J connectivity index is 0.00000225. The van der Waals surface area contributed by atoms with E-state index >= 15 is 0 Å². The van der Waals surface area contributed by atoms with Crippen LogP contribution in [0.2, 0.25) is 0 Å². The number of ether oxygens (including phenoxy) is 2. The van der Waals surface area contributed by atoms with Crippen molar-refractivity contribution in [3.8, 4) is 5.75 Å². The first-order chi connectivity index (χ1) is 11.8. The minimum Gasteiger partial charge on any atom is -0.488 e. The molecule has 1 aliphatic heterocycles. The maximum atomic E-state index is 5.97. The maximum absolute atomic E-state index is 5.97. The fourth-order valence-corrected chi connectivity index (χ4v) is 2.86. The van der Waals surface area contributed by atoms with E-state index in [1.165, 1.54) is 18.4 Å². The number of nitrogens with one attached hydrogen (secondary N) is 1. The van der Waals surface area contributed by atoms with Gasteiger partial charge in [-0.3, -0.25) is 0 Å². The van der Waals surface area contributed by atoms with Crippen LogP contribution >= 0.6 is 24.0 Å². The van der Waals surface area contributed by atoms with Crippen molar-refractivity contribution < 1.29 is 9.47 Å². The van der Waals surface area contributed by atoms with E-state index in [0.29, 0.717) is 6.54 Å². The topological polar surface area (TPSA) is 46.1 Å². The molecular formula is C19H30IN3O2. The average molecular weight is 459 g/mol. The van der Waals surface area contributed by atoms with Gasteiger partial charge in [0.15, 0.2) is 5.96 Å². The number of rotatable bonds is 8. The van der Waals surface area contributed by atoms with Crippen LogP contribution in [-0.4, -0.2) is 56.9 Å². The highest BCUT2D eigenvalue weighted by molar-refractivity contribution is 14.0. The van der Waals surface area contributed by atoms with Gasteiger partial charge in [-0.1, -0.05) is 18.2 Å². The highest BCUT2D eigenvalue weighted by Gasteiger charge is 2.22. The Morgan fingerprint density at radius 2 is 2.16 bits per heavy atom. The molecule has 1 N–H and O–H groups in total. The number of hydrogen-bond donors (Lipinski definition) is 1. The summed E-state index contributed by atoms with van der Waals surface area (Å²) in [5.74, 6) is 2.75. The highest BCUT2D eigenvalue weighted by Crippen LogP contribution is 2.29. The third-order valence-corrected chi connectivity index (χ3v) is 4.48. The first-order valence-electron chi connectivity index (χ1n) is 9.08. The Bertz CT molecular complexity index is 538. The van der Waals surface area contributed by atoms with E-state index in [9.17, 15) is 0 Å². The lowest BCUT2D eigenvalue weighted by Crippen LogP contribution is -2.41. The van der Waals surface area contributed by atoms with E-state index < -0.39 is 0 Å². The largest absolute Gasteiger partial charge is 0.488 e. The Kier molecular flexibility index (Phi) is 8.29. The van der Waals surface area contributed by atoms with Gasteiger partial charge in [-0.15, -0.1) is 24.0 Å². The van der Waals surface area contributed by atoms with E-state index in [1.807, 2.05) is 12.1 Å². The molecule has 25 heavy (non-hydrogen) atoms. The molecule has 1 heterocycles. The predicted molar refractivity (Wildman–Crippen MR) is 112 cm³/mol. The Morgan fingerprint density at radius 3 is 2.88 bits per heavy atom. The summed E-state index contributed by atoms with van der Waals surface area (Å²) in [4.78, 5) is 6.89. The fourth-order valence-electron chi connectivity index (χ4n) is 2.86. The molecule has 2 aliphatic rings. The van der Waals surface area contributed by atoms with Crippen molar-refractivity contribution in [2.75, 3.05) is 39.9 Å². The van der Waals surface area contributed by atoms with Crippen LogP contribution in [0.15, 0.2) is 29.3 Å². The molecule has 1 aromatic carbocycles. The molecule has 0 radical (unpaired) electrons. The zero-order chi connectivity index (χ0) is 16.8. The van der Waals surface area contributed by atoms with Crippen molar-refractivity contribution in [2.45, 2.75) is 32.3 Å². The summed E-state index contributed by atoms with van der Waals surface area (Å²) in [5, 5.41) is 3.35. The maximum Gasteiger partial charge on any atom is 0.193 e. The summed E-state index contributed by atoms with van der Waals surface area (Å²) in [6.45, 7) is 6.14. The quantitative estimate of drug-likeness (QED) is 0.281. The second kappa shape index (κ2) is 10.2. The summed E-state index contributed by atoms with van der Waals surface area (Å²) < 4.78 is 11.7. The van der Waals surface area contributed by atoms with Crippen LogP contribution in [0.25, 0.3) is 0 Å². The number of likely N-dealkylation sites (N-methyl/N-ethyl adjacent to an activating group) is 1. The summed E-state index contributed by atoms with van der Waals surface area (Å²) in [6, 6.07) is 8.25. The minimum atomic E-state index is 0. The van der Waals surface area contributed by atoms with Gasteiger partial charge in [0.1, 0.15) is 11.9 Å². The van der Waals surface area contributed by atoms with E-state index in [0.717, 1.165) is 50.4 Å². The van der Waals surface area contributed by atoms with Gasteiger partial charge in [0.05, 0.1) is 13.2 Å². The van der Waals surface area contributed by atoms with Crippen molar-refractivity contribution in [1.82, 2.24) is 10.2 Å². The molecule has 1 aliphatic carbocycles.